The minimum Gasteiger partial charge on any atom is -0.478 e. The van der Waals surface area contributed by atoms with Gasteiger partial charge in [-0.05, 0) is 35.9 Å². The molecule has 0 saturated carbocycles. The van der Waals surface area contributed by atoms with Crippen LogP contribution in [0.1, 0.15) is 10.4 Å². The summed E-state index contributed by atoms with van der Waals surface area (Å²) in [5, 5.41) is 9.68. The zero-order valence-electron chi connectivity index (χ0n) is 10.7. The summed E-state index contributed by atoms with van der Waals surface area (Å²) in [6.45, 7) is 0. The highest BCUT2D eigenvalue weighted by molar-refractivity contribution is 6.31. The van der Waals surface area contributed by atoms with Gasteiger partial charge in [0.15, 0.2) is 0 Å². The van der Waals surface area contributed by atoms with Crippen LogP contribution in [0, 0.1) is 5.82 Å². The largest absolute Gasteiger partial charge is 0.478 e. The third-order valence-electron chi connectivity index (χ3n) is 3.23. The lowest BCUT2D eigenvalue weighted by Crippen LogP contribution is -1.97. The summed E-state index contributed by atoms with van der Waals surface area (Å²) in [5.41, 5.74) is 1.59. The lowest BCUT2D eigenvalue weighted by molar-refractivity contribution is 0.0697. The number of pyridine rings is 1. The summed E-state index contributed by atoms with van der Waals surface area (Å²) in [6.07, 6.45) is 1.55. The third kappa shape index (κ3) is 2.34. The molecule has 2 aromatic carbocycles. The number of rotatable bonds is 2. The molecule has 0 fully saturated rings. The lowest BCUT2D eigenvalue weighted by atomic mass is 9.99. The summed E-state index contributed by atoms with van der Waals surface area (Å²) >= 11 is 5.81. The van der Waals surface area contributed by atoms with Crippen LogP contribution in [0.3, 0.4) is 0 Å². The molecule has 0 aliphatic carbocycles. The SMILES string of the molecule is O=C(O)c1ccc2nccc(-c3cccc(Cl)c3F)c2c1. The zero-order valence-corrected chi connectivity index (χ0v) is 11.4. The van der Waals surface area contributed by atoms with Gasteiger partial charge in [0.05, 0.1) is 16.1 Å². The molecule has 0 aliphatic heterocycles. The van der Waals surface area contributed by atoms with Crippen LogP contribution >= 0.6 is 11.6 Å². The van der Waals surface area contributed by atoms with Gasteiger partial charge in [-0.15, -0.1) is 0 Å². The Kier molecular flexibility index (Phi) is 3.31. The van der Waals surface area contributed by atoms with Crippen molar-refractivity contribution in [2.45, 2.75) is 0 Å². The van der Waals surface area contributed by atoms with Gasteiger partial charge in [0.25, 0.3) is 0 Å². The van der Waals surface area contributed by atoms with Crippen LogP contribution in [0.4, 0.5) is 4.39 Å². The Hall–Kier alpha value is -2.46. The summed E-state index contributed by atoms with van der Waals surface area (Å²) in [6, 6.07) is 10.9. The van der Waals surface area contributed by atoms with Crippen molar-refractivity contribution in [3.05, 3.63) is 65.1 Å². The van der Waals surface area contributed by atoms with E-state index in [1.165, 1.54) is 18.2 Å². The number of aromatic carboxylic acids is 1. The fourth-order valence-corrected chi connectivity index (χ4v) is 2.40. The molecule has 21 heavy (non-hydrogen) atoms. The first kappa shape index (κ1) is 13.5. The van der Waals surface area contributed by atoms with Crippen molar-refractivity contribution in [2.24, 2.45) is 0 Å². The second kappa shape index (κ2) is 5.14. The van der Waals surface area contributed by atoms with Gasteiger partial charge in [-0.25, -0.2) is 9.18 Å². The molecule has 0 radical (unpaired) electrons. The standard InChI is InChI=1S/C16H9ClFNO2/c17-13-3-1-2-11(15(13)18)10-6-7-19-14-5-4-9(16(20)21)8-12(10)14/h1-8H,(H,20,21). The average molecular weight is 302 g/mol. The van der Waals surface area contributed by atoms with Gasteiger partial charge < -0.3 is 5.11 Å². The molecule has 0 bridgehead atoms. The van der Waals surface area contributed by atoms with E-state index in [1.807, 2.05) is 0 Å². The monoisotopic (exact) mass is 301 g/mol. The number of aromatic nitrogens is 1. The zero-order chi connectivity index (χ0) is 15.0. The minimum absolute atomic E-state index is 0.0202. The van der Waals surface area contributed by atoms with E-state index in [4.69, 9.17) is 16.7 Å². The molecular weight excluding hydrogens is 293 g/mol. The maximum absolute atomic E-state index is 14.2. The van der Waals surface area contributed by atoms with Gasteiger partial charge in [-0.3, -0.25) is 4.98 Å². The van der Waals surface area contributed by atoms with Crippen molar-refractivity contribution in [1.29, 1.82) is 0 Å². The van der Waals surface area contributed by atoms with E-state index in [9.17, 15) is 9.18 Å². The fraction of sp³-hybridized carbons (Fsp3) is 0. The molecule has 3 aromatic rings. The molecule has 3 nitrogen and oxygen atoms in total. The number of fused-ring (bicyclic) bond motifs is 1. The third-order valence-corrected chi connectivity index (χ3v) is 3.52. The Bertz CT molecular complexity index is 864. The van der Waals surface area contributed by atoms with Crippen molar-refractivity contribution in [1.82, 2.24) is 4.98 Å². The van der Waals surface area contributed by atoms with Crippen LogP contribution in [0.5, 0.6) is 0 Å². The number of carboxylic acids is 1. The van der Waals surface area contributed by atoms with Crippen molar-refractivity contribution < 1.29 is 14.3 Å². The van der Waals surface area contributed by atoms with E-state index in [-0.39, 0.29) is 10.6 Å². The first-order valence-electron chi connectivity index (χ1n) is 6.14. The second-order valence-electron chi connectivity index (χ2n) is 4.50. The predicted octanol–water partition coefficient (Wildman–Crippen LogP) is 4.39. The predicted molar refractivity (Wildman–Crippen MR) is 79.1 cm³/mol. The normalized spacial score (nSPS) is 10.8. The van der Waals surface area contributed by atoms with Crippen molar-refractivity contribution in [3.8, 4) is 11.1 Å². The summed E-state index contributed by atoms with van der Waals surface area (Å²) in [5.74, 6) is -1.58. The van der Waals surface area contributed by atoms with E-state index >= 15 is 0 Å². The van der Waals surface area contributed by atoms with Crippen molar-refractivity contribution in [2.75, 3.05) is 0 Å². The van der Waals surface area contributed by atoms with Crippen LogP contribution in [0.25, 0.3) is 22.0 Å². The Morgan fingerprint density at radius 3 is 2.71 bits per heavy atom. The highest BCUT2D eigenvalue weighted by Gasteiger charge is 2.13. The summed E-state index contributed by atoms with van der Waals surface area (Å²) in [4.78, 5) is 15.3. The number of hydrogen-bond acceptors (Lipinski definition) is 2. The van der Waals surface area contributed by atoms with Crippen LogP contribution < -0.4 is 0 Å². The van der Waals surface area contributed by atoms with Crippen molar-refractivity contribution in [3.63, 3.8) is 0 Å². The molecule has 0 aliphatic rings. The van der Waals surface area contributed by atoms with E-state index in [0.29, 0.717) is 22.0 Å². The Morgan fingerprint density at radius 2 is 1.95 bits per heavy atom. The molecule has 1 heterocycles. The molecule has 3 rings (SSSR count). The lowest BCUT2D eigenvalue weighted by Gasteiger charge is -2.09. The van der Waals surface area contributed by atoms with Gasteiger partial charge in [0.2, 0.25) is 0 Å². The van der Waals surface area contributed by atoms with E-state index in [2.05, 4.69) is 4.98 Å². The molecule has 5 heteroatoms. The number of carboxylic acid groups (broad SMARTS) is 1. The highest BCUT2D eigenvalue weighted by Crippen LogP contribution is 2.32. The van der Waals surface area contributed by atoms with Crippen LogP contribution in [-0.4, -0.2) is 16.1 Å². The average Bonchev–Trinajstić information content (AvgIpc) is 2.49. The maximum Gasteiger partial charge on any atom is 0.335 e. The van der Waals surface area contributed by atoms with E-state index in [1.54, 1.807) is 30.5 Å². The van der Waals surface area contributed by atoms with Crippen LogP contribution in [0.15, 0.2) is 48.7 Å². The Morgan fingerprint density at radius 1 is 1.14 bits per heavy atom. The van der Waals surface area contributed by atoms with Crippen molar-refractivity contribution >= 4 is 28.5 Å². The molecule has 104 valence electrons. The first-order valence-corrected chi connectivity index (χ1v) is 6.52. The van der Waals surface area contributed by atoms with E-state index < -0.39 is 11.8 Å². The van der Waals surface area contributed by atoms with Crippen LogP contribution in [-0.2, 0) is 0 Å². The summed E-state index contributed by atoms with van der Waals surface area (Å²) in [7, 11) is 0. The maximum atomic E-state index is 14.2. The molecule has 0 spiro atoms. The highest BCUT2D eigenvalue weighted by atomic mass is 35.5. The number of benzene rings is 2. The van der Waals surface area contributed by atoms with E-state index in [0.717, 1.165) is 0 Å². The topological polar surface area (TPSA) is 50.2 Å². The van der Waals surface area contributed by atoms with Gasteiger partial charge in [-0.1, -0.05) is 23.7 Å². The fourth-order valence-electron chi connectivity index (χ4n) is 2.23. The number of hydrogen-bond donors (Lipinski definition) is 1. The Balaban J connectivity index is 2.34. The molecule has 0 unspecified atom stereocenters. The number of carbonyl (C=O) groups is 1. The molecule has 1 aromatic heterocycles. The van der Waals surface area contributed by atoms with Gasteiger partial charge in [0.1, 0.15) is 5.82 Å². The van der Waals surface area contributed by atoms with Gasteiger partial charge >= 0.3 is 5.97 Å². The smallest absolute Gasteiger partial charge is 0.335 e. The van der Waals surface area contributed by atoms with Crippen LogP contribution in [0.2, 0.25) is 5.02 Å². The second-order valence-corrected chi connectivity index (χ2v) is 4.90. The molecule has 0 atom stereocenters. The molecular formula is C16H9ClFNO2. The molecule has 0 saturated heterocycles. The summed E-state index contributed by atoms with van der Waals surface area (Å²) < 4.78 is 14.2. The number of halogens is 2. The Labute approximate surface area is 124 Å². The van der Waals surface area contributed by atoms with Gasteiger partial charge in [-0.2, -0.15) is 0 Å². The minimum atomic E-state index is -1.04. The quantitative estimate of drug-likeness (QED) is 0.763. The first-order chi connectivity index (χ1) is 10.1. The van der Waals surface area contributed by atoms with Gasteiger partial charge in [0, 0.05) is 17.1 Å². The number of nitrogens with zero attached hydrogens (tertiary/aromatic N) is 1. The molecule has 1 N–H and O–H groups in total. The molecule has 0 amide bonds.